The Bertz CT molecular complexity index is 2630. The minimum atomic E-state index is -2.84. The third-order valence-corrected chi connectivity index (χ3v) is 14.6. The maximum absolute atomic E-state index is 14.8. The van der Waals surface area contributed by atoms with E-state index < -0.39 is 198 Å². The Balaban J connectivity index is 2.97. The van der Waals surface area contributed by atoms with E-state index in [4.69, 9.17) is 5.73 Å². The fourth-order valence-corrected chi connectivity index (χ4v) is 9.25. The number of aliphatic carboxylic acids is 4. The van der Waals surface area contributed by atoms with Gasteiger partial charge in [0.25, 0.3) is 0 Å². The Morgan fingerprint density at radius 2 is 1.23 bits per heavy atom. The van der Waals surface area contributed by atoms with Crippen LogP contribution < -0.4 is 58.9 Å². The number of hydrogen-bond donors (Lipinski definition) is 16. The van der Waals surface area contributed by atoms with Gasteiger partial charge in [-0.1, -0.05) is 66.7 Å². The molecular formula is C56H88N12O20. The highest BCUT2D eigenvalue weighted by Crippen LogP contribution is 2.26. The van der Waals surface area contributed by atoms with E-state index >= 15 is 0 Å². The number of carboxylic acid groups (broad SMARTS) is 4. The van der Waals surface area contributed by atoms with Crippen LogP contribution in [0.3, 0.4) is 0 Å². The zero-order valence-electron chi connectivity index (χ0n) is 51.1. The van der Waals surface area contributed by atoms with Gasteiger partial charge in [-0.05, 0) is 89.5 Å². The number of nitrogens with two attached hydrogens (primary N) is 1. The fraction of sp³-hybridized carbons (Fsp3) is 0.661. The number of unbranched alkanes of at least 4 members (excludes halogenated alkanes) is 1. The summed E-state index contributed by atoms with van der Waals surface area (Å²) in [5.74, 6) is -25.6. The number of nitrogens with one attached hydrogen (secondary N) is 10. The lowest BCUT2D eigenvalue weighted by atomic mass is 9.97. The highest BCUT2D eigenvalue weighted by atomic mass is 16.4. The Hall–Kier alpha value is -8.55. The topological polar surface area (TPSA) is 507 Å². The van der Waals surface area contributed by atoms with Crippen molar-refractivity contribution < 1.29 is 97.5 Å². The van der Waals surface area contributed by atoms with Gasteiger partial charge in [0, 0.05) is 12.6 Å². The van der Waals surface area contributed by atoms with Crippen molar-refractivity contribution in [1.29, 1.82) is 0 Å². The number of hydrogen-bond acceptors (Lipinski definition) is 17. The molecule has 2 aliphatic heterocycles. The highest BCUT2D eigenvalue weighted by molar-refractivity contribution is 6.02. The Kier molecular flexibility index (Phi) is 30.8. The first kappa shape index (κ1) is 75.5. The van der Waals surface area contributed by atoms with Crippen LogP contribution >= 0.6 is 0 Å². The molecule has 2 rings (SSSR count). The van der Waals surface area contributed by atoms with E-state index in [0.29, 0.717) is 12.3 Å². The maximum Gasteiger partial charge on any atom is 0.335 e. The first-order chi connectivity index (χ1) is 41.0. The van der Waals surface area contributed by atoms with Gasteiger partial charge in [0.05, 0.1) is 30.8 Å². The first-order valence-corrected chi connectivity index (χ1v) is 29.0. The minimum Gasteiger partial charge on any atom is -0.481 e. The smallest absolute Gasteiger partial charge is 0.335 e. The standard InChI is InChI=1S/C56H88N12O20/c1-25(2)17-13-11-12-14-19-35(69)62-40(29(8)54(83)84)50(79)66-42-31(10)59-47(76)34-21-28(7)24-68(34)53(82)39(27(5)6)65-49(78)41(30(9)55(85)86)63-36(70)23-58-45(74)33(22-37(71)72)61-52(81)43(44(73)56(87)88)67-46(75)32(18-15-16-20-57)60-48(77)38(26(3)4)64-51(42)80/h11-12,14,19,25-34,38-44,73H,13,15-18,20-24,57H2,1-10H3,(H,58,74)(H,59,76)(H,60,77)(H,61,81)(H,62,69)(H,63,70)(H,64,80)(H,65,78)(H,66,79)(H,67,75)(H,71,72)(H,83,84)(H,85,86)(H,87,88)/b12-11-,19-14+/t28-,29+,30+,31?,32?,33+,34+,38-,39+,40+,41-,42?,43+,44+/m1/s1. The third kappa shape index (κ3) is 23.6. The zero-order chi connectivity index (χ0) is 67.0. The van der Waals surface area contributed by atoms with Crippen LogP contribution in [0.15, 0.2) is 24.3 Å². The number of fused-ring (bicyclic) bond motifs is 1. The summed E-state index contributed by atoms with van der Waals surface area (Å²) in [5.41, 5.74) is 5.69. The first-order valence-electron chi connectivity index (χ1n) is 29.0. The Morgan fingerprint density at radius 3 is 1.78 bits per heavy atom. The molecule has 0 spiro atoms. The molecule has 492 valence electrons. The van der Waals surface area contributed by atoms with Crippen LogP contribution in [0.25, 0.3) is 0 Å². The van der Waals surface area contributed by atoms with E-state index in [2.05, 4.69) is 37.2 Å². The number of carboxylic acids is 4. The number of aliphatic hydroxyl groups is 1. The molecule has 2 saturated heterocycles. The van der Waals surface area contributed by atoms with Crippen molar-refractivity contribution in [3.8, 4) is 0 Å². The van der Waals surface area contributed by atoms with Crippen LogP contribution in [-0.2, 0) is 71.9 Å². The summed E-state index contributed by atoms with van der Waals surface area (Å²) in [6.07, 6.45) is 3.09. The lowest BCUT2D eigenvalue weighted by Gasteiger charge is -2.34. The number of carbonyl (C=O) groups excluding carboxylic acids is 11. The third-order valence-electron chi connectivity index (χ3n) is 14.6. The predicted octanol–water partition coefficient (Wildman–Crippen LogP) is -3.91. The van der Waals surface area contributed by atoms with E-state index in [0.717, 1.165) is 31.2 Å². The van der Waals surface area contributed by atoms with E-state index in [9.17, 15) is 97.5 Å². The van der Waals surface area contributed by atoms with Crippen molar-refractivity contribution in [3.63, 3.8) is 0 Å². The summed E-state index contributed by atoms with van der Waals surface area (Å²) in [5, 5.41) is 73.1. The van der Waals surface area contributed by atoms with Gasteiger partial charge in [-0.3, -0.25) is 67.1 Å². The molecule has 0 aromatic rings. The van der Waals surface area contributed by atoms with Crippen molar-refractivity contribution in [3.05, 3.63) is 24.3 Å². The van der Waals surface area contributed by atoms with Crippen LogP contribution in [0, 0.1) is 35.5 Å². The highest BCUT2D eigenvalue weighted by Gasteiger charge is 2.45. The number of allylic oxidation sites excluding steroid dienone is 3. The molecule has 0 aliphatic carbocycles. The van der Waals surface area contributed by atoms with Gasteiger partial charge in [0.1, 0.15) is 54.4 Å². The summed E-state index contributed by atoms with van der Waals surface area (Å²) >= 11 is 0. The Labute approximate surface area is 508 Å². The van der Waals surface area contributed by atoms with Gasteiger partial charge in [0.15, 0.2) is 6.10 Å². The molecule has 17 N–H and O–H groups in total. The Morgan fingerprint density at radius 1 is 0.648 bits per heavy atom. The summed E-state index contributed by atoms with van der Waals surface area (Å²) in [7, 11) is 0. The lowest BCUT2D eigenvalue weighted by molar-refractivity contribution is -0.153. The van der Waals surface area contributed by atoms with Gasteiger partial charge in [-0.2, -0.15) is 0 Å². The van der Waals surface area contributed by atoms with Crippen molar-refractivity contribution in [2.24, 2.45) is 41.2 Å². The van der Waals surface area contributed by atoms with Crippen LogP contribution in [0.5, 0.6) is 0 Å². The number of carbonyl (C=O) groups is 15. The summed E-state index contributed by atoms with van der Waals surface area (Å²) in [4.78, 5) is 205. The molecule has 11 amide bonds. The second-order valence-electron chi connectivity index (χ2n) is 23.1. The minimum absolute atomic E-state index is 0.0277. The molecule has 88 heavy (non-hydrogen) atoms. The second kappa shape index (κ2) is 35.9. The van der Waals surface area contributed by atoms with Gasteiger partial charge in [-0.25, -0.2) is 4.79 Å². The molecule has 0 aromatic heterocycles. The van der Waals surface area contributed by atoms with Gasteiger partial charge in [-0.15, -0.1) is 0 Å². The average molecular weight is 1250 g/mol. The number of aliphatic hydroxyl groups excluding tert-OH is 1. The summed E-state index contributed by atoms with van der Waals surface area (Å²) in [6, 6.07) is -18.6. The van der Waals surface area contributed by atoms with Crippen molar-refractivity contribution in [2.45, 2.75) is 181 Å². The molecule has 2 fully saturated rings. The molecule has 2 heterocycles. The van der Waals surface area contributed by atoms with E-state index in [1.807, 2.05) is 29.8 Å². The largest absolute Gasteiger partial charge is 0.481 e. The molecule has 0 radical (unpaired) electrons. The van der Waals surface area contributed by atoms with Crippen LogP contribution in [-0.4, -0.2) is 205 Å². The van der Waals surface area contributed by atoms with Crippen molar-refractivity contribution in [2.75, 3.05) is 19.6 Å². The summed E-state index contributed by atoms with van der Waals surface area (Å²) < 4.78 is 0. The van der Waals surface area contributed by atoms with Crippen molar-refractivity contribution >= 4 is 88.9 Å². The molecule has 32 heteroatoms. The molecule has 3 unspecified atom stereocenters. The normalized spacial score (nSPS) is 25.9. The maximum atomic E-state index is 14.8. The van der Waals surface area contributed by atoms with Crippen LogP contribution in [0.1, 0.15) is 114 Å². The molecule has 32 nitrogen and oxygen atoms in total. The summed E-state index contributed by atoms with van der Waals surface area (Å²) in [6.45, 7) is 13.8. The van der Waals surface area contributed by atoms with Gasteiger partial charge < -0.3 is 89.3 Å². The molecular weight excluding hydrogens is 1160 g/mol. The zero-order valence-corrected chi connectivity index (χ0v) is 51.1. The molecule has 14 atom stereocenters. The second-order valence-corrected chi connectivity index (χ2v) is 23.1. The lowest BCUT2D eigenvalue weighted by Crippen LogP contribution is -2.65. The number of amides is 11. The van der Waals surface area contributed by atoms with E-state index in [-0.39, 0.29) is 38.8 Å². The average Bonchev–Trinajstić information content (AvgIpc) is 1.69. The number of rotatable bonds is 22. The fourth-order valence-electron chi connectivity index (χ4n) is 9.25. The van der Waals surface area contributed by atoms with E-state index in [1.54, 1.807) is 19.1 Å². The molecule has 0 saturated carbocycles. The van der Waals surface area contributed by atoms with Crippen LogP contribution in [0.4, 0.5) is 0 Å². The molecule has 0 bridgehead atoms. The van der Waals surface area contributed by atoms with Crippen molar-refractivity contribution in [1.82, 2.24) is 58.1 Å². The van der Waals surface area contributed by atoms with Gasteiger partial charge >= 0.3 is 23.9 Å². The quantitative estimate of drug-likeness (QED) is 0.0280. The monoisotopic (exact) mass is 1250 g/mol. The molecule has 2 aliphatic rings. The number of nitrogens with zero attached hydrogens (tertiary/aromatic N) is 1. The van der Waals surface area contributed by atoms with Gasteiger partial charge in [0.2, 0.25) is 65.0 Å². The van der Waals surface area contributed by atoms with E-state index in [1.165, 1.54) is 40.7 Å². The SMILES string of the molecule is CC(C)CC/C=C\C=C\C(=O)N[C@H](C(=O)NC1C(=O)N[C@H](C(C)C)C(=O)NC(CCCCN)C(=O)N[C@@H]([C@H](O)C(=O)O)C(=O)N[C@@H](CC(=O)O)C(=O)NCC(=O)N[C@H]([C@H](C)C(=O)O)C(=O)N[C@@H](C(C)C)C(=O)N2C[C@H](C)C[C@H]2C(=O)NC1C)[C@H](C)C(=O)O. The van der Waals surface area contributed by atoms with Crippen LogP contribution in [0.2, 0.25) is 0 Å². The molecule has 0 aromatic carbocycles. The predicted molar refractivity (Wildman–Crippen MR) is 310 cm³/mol.